The number of hydrazone groups is 1. The number of ether oxygens (including phenoxy) is 1. The largest absolute Gasteiger partial charge is 0.444 e. The molecule has 0 bridgehead atoms. The molecule has 2 rings (SSSR count). The average Bonchev–Trinajstić information content (AvgIpc) is 2.83. The number of carbonyl (C=O) groups is 3. The molecule has 0 aliphatic rings. The van der Waals surface area contributed by atoms with Gasteiger partial charge in [-0.05, 0) is 49.9 Å². The van der Waals surface area contributed by atoms with Gasteiger partial charge in [0.25, 0.3) is 5.96 Å². The Morgan fingerprint density at radius 2 is 1.74 bits per heavy atom. The Kier molecular flexibility index (Phi) is 10.8. The summed E-state index contributed by atoms with van der Waals surface area (Å²) >= 11 is 0. The van der Waals surface area contributed by atoms with Crippen molar-refractivity contribution in [2.45, 2.75) is 57.7 Å². The smallest absolute Gasteiger partial charge is 0.408 e. The number of likely N-dealkylation sites (N-methyl/N-ethyl adjacent to an activating group) is 1. The van der Waals surface area contributed by atoms with Crippen LogP contribution >= 0.6 is 0 Å². The van der Waals surface area contributed by atoms with Crippen molar-refractivity contribution in [1.29, 1.82) is 0 Å². The third kappa shape index (κ3) is 10.3. The summed E-state index contributed by atoms with van der Waals surface area (Å²) in [6, 6.07) is 11.6. The lowest BCUT2D eigenvalue weighted by Crippen LogP contribution is -2.54. The Morgan fingerprint density at radius 3 is 2.37 bits per heavy atom. The number of benzene rings is 2. The van der Waals surface area contributed by atoms with Gasteiger partial charge in [-0.25, -0.2) is 14.9 Å². The lowest BCUT2D eigenvalue weighted by molar-refractivity contribution is -0.485. The molecule has 206 valence electrons. The topological polar surface area (TPSA) is 190 Å². The maximum Gasteiger partial charge on any atom is 0.408 e. The van der Waals surface area contributed by atoms with Gasteiger partial charge in [0.2, 0.25) is 11.8 Å². The van der Waals surface area contributed by atoms with Gasteiger partial charge < -0.3 is 31.7 Å². The van der Waals surface area contributed by atoms with E-state index in [4.69, 9.17) is 10.5 Å². The van der Waals surface area contributed by atoms with Crippen LogP contribution in [-0.2, 0) is 20.7 Å². The molecule has 0 spiro atoms. The summed E-state index contributed by atoms with van der Waals surface area (Å²) < 4.78 is 5.28. The highest BCUT2D eigenvalue weighted by Gasteiger charge is 2.28. The zero-order chi connectivity index (χ0) is 28.3. The van der Waals surface area contributed by atoms with E-state index in [0.29, 0.717) is 0 Å². The van der Waals surface area contributed by atoms with E-state index in [9.17, 15) is 24.5 Å². The molecule has 0 aliphatic heterocycles. The third-order valence-electron chi connectivity index (χ3n) is 5.31. The van der Waals surface area contributed by atoms with Crippen molar-refractivity contribution in [3.63, 3.8) is 0 Å². The number of guanidine groups is 1. The van der Waals surface area contributed by atoms with E-state index in [-0.39, 0.29) is 31.8 Å². The number of fused-ring (bicyclic) bond motifs is 1. The molecule has 13 nitrogen and oxygen atoms in total. The van der Waals surface area contributed by atoms with E-state index >= 15 is 0 Å². The van der Waals surface area contributed by atoms with Crippen molar-refractivity contribution in [3.05, 3.63) is 58.1 Å². The zero-order valence-corrected chi connectivity index (χ0v) is 21.9. The molecule has 2 aromatic carbocycles. The first-order chi connectivity index (χ1) is 17.9. The molecule has 3 amide bonds. The number of nitro groups is 1. The summed E-state index contributed by atoms with van der Waals surface area (Å²) in [4.78, 5) is 48.7. The van der Waals surface area contributed by atoms with E-state index < -0.39 is 40.6 Å². The Labute approximate surface area is 220 Å². The van der Waals surface area contributed by atoms with Crippen molar-refractivity contribution in [2.75, 3.05) is 13.6 Å². The molecule has 0 fully saturated rings. The number of rotatable bonds is 11. The zero-order valence-electron chi connectivity index (χ0n) is 21.9. The normalized spacial score (nSPS) is 13.2. The predicted octanol–water partition coefficient (Wildman–Crippen LogP) is 1.38. The molecule has 2 aromatic rings. The average molecular weight is 530 g/mol. The van der Waals surface area contributed by atoms with E-state index in [1.165, 1.54) is 7.05 Å². The highest BCUT2D eigenvalue weighted by molar-refractivity contribution is 5.91. The fourth-order valence-electron chi connectivity index (χ4n) is 3.62. The van der Waals surface area contributed by atoms with Gasteiger partial charge in [-0.15, -0.1) is 0 Å². The number of nitrogens with two attached hydrogens (primary N) is 1. The van der Waals surface area contributed by atoms with Crippen LogP contribution in [0.1, 0.15) is 39.2 Å². The molecular weight excluding hydrogens is 494 g/mol. The number of nitrogens with one attached hydrogen (secondary N) is 4. The van der Waals surface area contributed by atoms with Gasteiger partial charge in [-0.2, -0.15) is 0 Å². The summed E-state index contributed by atoms with van der Waals surface area (Å²) in [5, 5.41) is 24.9. The minimum Gasteiger partial charge on any atom is -0.444 e. The Hall–Kier alpha value is -4.42. The molecule has 0 saturated heterocycles. The van der Waals surface area contributed by atoms with Crippen molar-refractivity contribution >= 4 is 34.6 Å². The summed E-state index contributed by atoms with van der Waals surface area (Å²) in [7, 11) is 1.47. The van der Waals surface area contributed by atoms with Gasteiger partial charge in [-0.1, -0.05) is 42.5 Å². The molecule has 0 heterocycles. The van der Waals surface area contributed by atoms with E-state index in [1.54, 1.807) is 20.8 Å². The SMILES string of the molecule is CNC(=O)[C@H](Cc1ccc2ccccc2c1)NC(=O)[C@@H](CCCNC(N)=N[N+](=O)[O-])NC(=O)OC(C)(C)C. The van der Waals surface area contributed by atoms with Crippen LogP contribution in [0, 0.1) is 10.1 Å². The van der Waals surface area contributed by atoms with Crippen LogP contribution in [0.15, 0.2) is 47.6 Å². The van der Waals surface area contributed by atoms with Crippen molar-refractivity contribution in [1.82, 2.24) is 21.3 Å². The van der Waals surface area contributed by atoms with Crippen LogP contribution in [0.4, 0.5) is 4.79 Å². The number of carbonyl (C=O) groups excluding carboxylic acids is 3. The van der Waals surface area contributed by atoms with Crippen molar-refractivity contribution < 1.29 is 24.2 Å². The molecular formula is C25H35N7O6. The molecule has 0 radical (unpaired) electrons. The van der Waals surface area contributed by atoms with E-state index in [1.807, 2.05) is 42.5 Å². The second kappa shape index (κ2) is 13.8. The van der Waals surface area contributed by atoms with Gasteiger partial charge >= 0.3 is 6.09 Å². The maximum absolute atomic E-state index is 13.2. The highest BCUT2D eigenvalue weighted by Crippen LogP contribution is 2.17. The van der Waals surface area contributed by atoms with Crippen LogP contribution < -0.4 is 27.0 Å². The van der Waals surface area contributed by atoms with Gasteiger partial charge in [-0.3, -0.25) is 9.59 Å². The predicted molar refractivity (Wildman–Crippen MR) is 143 cm³/mol. The monoisotopic (exact) mass is 529 g/mol. The standard InChI is InChI=1S/C25H35N7O6/c1-25(2,3)38-24(35)30-19(10-7-13-28-23(26)31-32(36)37)22(34)29-20(21(33)27-4)15-16-11-12-17-8-5-6-9-18(17)14-16/h5-6,8-9,11-12,14,19-20H,7,10,13,15H2,1-4H3,(H,27,33)(H,29,34)(H,30,35)(H3,26,28,31)/t19-,20+/m1/s1. The molecule has 0 aromatic heterocycles. The second-order valence-corrected chi connectivity index (χ2v) is 9.55. The molecule has 13 heteroatoms. The lowest BCUT2D eigenvalue weighted by atomic mass is 10.0. The van der Waals surface area contributed by atoms with Crippen molar-refractivity contribution in [3.8, 4) is 0 Å². The number of hydrogen-bond donors (Lipinski definition) is 5. The first-order valence-corrected chi connectivity index (χ1v) is 12.1. The molecule has 6 N–H and O–H groups in total. The molecule has 0 aliphatic carbocycles. The van der Waals surface area contributed by atoms with Crippen LogP contribution in [0.2, 0.25) is 0 Å². The molecule has 0 saturated carbocycles. The van der Waals surface area contributed by atoms with E-state index in [0.717, 1.165) is 16.3 Å². The lowest BCUT2D eigenvalue weighted by Gasteiger charge is -2.25. The van der Waals surface area contributed by atoms with Gasteiger partial charge in [0.1, 0.15) is 22.8 Å². The Bertz CT molecular complexity index is 1180. The quantitative estimate of drug-likeness (QED) is 0.0948. The summed E-state index contributed by atoms with van der Waals surface area (Å²) in [6.07, 6.45) is -0.159. The van der Waals surface area contributed by atoms with E-state index in [2.05, 4.69) is 26.4 Å². The first-order valence-electron chi connectivity index (χ1n) is 12.1. The van der Waals surface area contributed by atoms with Crippen LogP contribution in [0.25, 0.3) is 10.8 Å². The Morgan fingerprint density at radius 1 is 1.05 bits per heavy atom. The summed E-state index contributed by atoms with van der Waals surface area (Å²) in [6.45, 7) is 5.22. The number of amides is 3. The van der Waals surface area contributed by atoms with Crippen LogP contribution in [0.3, 0.4) is 0 Å². The minimum absolute atomic E-state index is 0.125. The fourth-order valence-corrected chi connectivity index (χ4v) is 3.62. The van der Waals surface area contributed by atoms with Gasteiger partial charge in [0, 0.05) is 20.0 Å². The van der Waals surface area contributed by atoms with Crippen molar-refractivity contribution in [2.24, 2.45) is 10.8 Å². The van der Waals surface area contributed by atoms with Crippen LogP contribution in [-0.4, -0.2) is 60.2 Å². The second-order valence-electron chi connectivity index (χ2n) is 9.55. The number of hydrogen-bond acceptors (Lipinski definition) is 6. The summed E-state index contributed by atoms with van der Waals surface area (Å²) in [5.41, 5.74) is 5.46. The summed E-state index contributed by atoms with van der Waals surface area (Å²) in [5.74, 6) is -1.36. The van der Waals surface area contributed by atoms with Gasteiger partial charge in [0.05, 0.1) is 0 Å². The third-order valence-corrected chi connectivity index (χ3v) is 5.31. The van der Waals surface area contributed by atoms with Gasteiger partial charge in [0.15, 0.2) is 5.03 Å². The minimum atomic E-state index is -1.05. The Balaban J connectivity index is 2.14. The molecule has 38 heavy (non-hydrogen) atoms. The number of nitrogens with zero attached hydrogens (tertiary/aromatic N) is 2. The highest BCUT2D eigenvalue weighted by atomic mass is 16.7. The fraction of sp³-hybridized carbons (Fsp3) is 0.440. The first kappa shape index (κ1) is 29.8. The van der Waals surface area contributed by atoms with Crippen LogP contribution in [0.5, 0.6) is 0 Å². The molecule has 2 atom stereocenters. The molecule has 0 unspecified atom stereocenters. The maximum atomic E-state index is 13.2. The number of alkyl carbamates (subject to hydrolysis) is 1.